The number of carbonyl (C=O) groups excluding carboxylic acids is 2. The number of rotatable bonds is 2. The van der Waals surface area contributed by atoms with Crippen molar-refractivity contribution in [1.29, 1.82) is 0 Å². The minimum absolute atomic E-state index is 0.0223. The summed E-state index contributed by atoms with van der Waals surface area (Å²) in [6.45, 7) is 9.30. The van der Waals surface area contributed by atoms with Crippen molar-refractivity contribution < 1.29 is 27.5 Å². The maximum absolute atomic E-state index is 13.0. The molecule has 3 rings (SSSR count). The molecule has 11 heteroatoms. The highest BCUT2D eigenvalue weighted by Crippen LogP contribution is 2.29. The lowest BCUT2D eigenvalue weighted by molar-refractivity contribution is -0.138. The first-order valence-electron chi connectivity index (χ1n) is 10.3. The van der Waals surface area contributed by atoms with Crippen molar-refractivity contribution in [2.75, 3.05) is 37.6 Å². The van der Waals surface area contributed by atoms with E-state index in [-0.39, 0.29) is 23.8 Å². The number of nitrogens with zero attached hydrogens (tertiary/aromatic N) is 5. The van der Waals surface area contributed by atoms with Crippen LogP contribution in [0.25, 0.3) is 0 Å². The summed E-state index contributed by atoms with van der Waals surface area (Å²) in [5.74, 6) is -0.0935. The van der Waals surface area contributed by atoms with Crippen LogP contribution >= 0.6 is 0 Å². The van der Waals surface area contributed by atoms with Crippen LogP contribution in [0.3, 0.4) is 0 Å². The highest BCUT2D eigenvalue weighted by Gasteiger charge is 2.38. The Bertz CT molecular complexity index is 810. The molecule has 1 aromatic heterocycles. The maximum Gasteiger partial charge on any atom is 0.419 e. The van der Waals surface area contributed by atoms with Crippen molar-refractivity contribution in [2.45, 2.75) is 51.9 Å². The quantitative estimate of drug-likeness (QED) is 0.700. The molecule has 0 spiro atoms. The van der Waals surface area contributed by atoms with Crippen LogP contribution in [0.1, 0.15) is 39.7 Å². The molecule has 8 nitrogen and oxygen atoms in total. The molecule has 1 aromatic rings. The van der Waals surface area contributed by atoms with Gasteiger partial charge in [-0.2, -0.15) is 13.2 Å². The molecule has 2 amide bonds. The van der Waals surface area contributed by atoms with Crippen molar-refractivity contribution in [1.82, 2.24) is 19.8 Å². The highest BCUT2D eigenvalue weighted by atomic mass is 19.4. The Hall–Kier alpha value is -2.59. The average molecular weight is 443 g/mol. The second-order valence-electron chi connectivity index (χ2n) is 9.01. The van der Waals surface area contributed by atoms with Gasteiger partial charge in [0.25, 0.3) is 0 Å². The Morgan fingerprint density at radius 1 is 1.03 bits per heavy atom. The van der Waals surface area contributed by atoms with Gasteiger partial charge in [0.2, 0.25) is 11.9 Å². The van der Waals surface area contributed by atoms with E-state index in [4.69, 9.17) is 4.74 Å². The van der Waals surface area contributed by atoms with Crippen LogP contribution in [-0.4, -0.2) is 76.1 Å². The zero-order valence-corrected chi connectivity index (χ0v) is 18.1. The molecule has 0 saturated carbocycles. The van der Waals surface area contributed by atoms with Crippen LogP contribution in [0, 0.1) is 5.92 Å². The van der Waals surface area contributed by atoms with Crippen molar-refractivity contribution in [3.8, 4) is 0 Å². The van der Waals surface area contributed by atoms with Crippen molar-refractivity contribution in [3.05, 3.63) is 18.0 Å². The third-order valence-electron chi connectivity index (χ3n) is 5.35. The maximum atomic E-state index is 13.0. The number of piperazine rings is 1. The summed E-state index contributed by atoms with van der Waals surface area (Å²) in [6.07, 6.45) is -2.77. The number of likely N-dealkylation sites (tertiary alicyclic amines) is 1. The average Bonchev–Trinajstić information content (AvgIpc) is 3.16. The van der Waals surface area contributed by atoms with Gasteiger partial charge in [-0.3, -0.25) is 4.79 Å². The third-order valence-corrected chi connectivity index (χ3v) is 5.35. The Morgan fingerprint density at radius 3 is 2.23 bits per heavy atom. The van der Waals surface area contributed by atoms with Crippen LogP contribution in [0.5, 0.6) is 0 Å². The Morgan fingerprint density at radius 2 is 1.68 bits per heavy atom. The minimum Gasteiger partial charge on any atom is -0.444 e. The van der Waals surface area contributed by atoms with Gasteiger partial charge < -0.3 is 19.4 Å². The lowest BCUT2D eigenvalue weighted by Crippen LogP contribution is -2.55. The number of ether oxygens (including phenoxy) is 1. The van der Waals surface area contributed by atoms with Crippen LogP contribution < -0.4 is 4.90 Å². The predicted molar refractivity (Wildman–Crippen MR) is 106 cm³/mol. The van der Waals surface area contributed by atoms with Crippen LogP contribution in [0.2, 0.25) is 0 Å². The molecule has 3 heterocycles. The minimum atomic E-state index is -4.48. The molecule has 0 N–H and O–H groups in total. The standard InChI is InChI=1S/C20H28F3N5O3/c1-13-11-26(7-8-28(13)17-24-9-15(10-25-17)20(21,22)23)16(29)14-5-6-27(12-14)18(30)31-19(2,3)4/h9-10,13-14H,5-8,11-12H2,1-4H3/t13-,14+/m0/s1. The molecule has 0 radical (unpaired) electrons. The number of amides is 2. The molecule has 2 fully saturated rings. The fourth-order valence-corrected chi connectivity index (χ4v) is 3.78. The largest absolute Gasteiger partial charge is 0.444 e. The molecule has 172 valence electrons. The van der Waals surface area contributed by atoms with E-state index in [1.54, 1.807) is 35.5 Å². The van der Waals surface area contributed by atoms with E-state index in [9.17, 15) is 22.8 Å². The number of carbonyl (C=O) groups is 2. The van der Waals surface area contributed by atoms with E-state index in [1.807, 2.05) is 6.92 Å². The monoisotopic (exact) mass is 443 g/mol. The Labute approximate surface area is 179 Å². The first-order chi connectivity index (χ1) is 14.3. The topological polar surface area (TPSA) is 78.9 Å². The molecule has 0 aromatic carbocycles. The van der Waals surface area contributed by atoms with Crippen molar-refractivity contribution in [2.24, 2.45) is 5.92 Å². The number of halogens is 3. The van der Waals surface area contributed by atoms with Gasteiger partial charge in [0.05, 0.1) is 11.5 Å². The third kappa shape index (κ3) is 5.56. The smallest absolute Gasteiger partial charge is 0.419 e. The van der Waals surface area contributed by atoms with Gasteiger partial charge in [-0.05, 0) is 34.1 Å². The van der Waals surface area contributed by atoms with Crippen LogP contribution in [0.4, 0.5) is 23.9 Å². The molecule has 2 atom stereocenters. The summed E-state index contributed by atoms with van der Waals surface area (Å²) in [7, 11) is 0. The molecule has 0 unspecified atom stereocenters. The summed E-state index contributed by atoms with van der Waals surface area (Å²) < 4.78 is 43.5. The fraction of sp³-hybridized carbons (Fsp3) is 0.700. The van der Waals surface area contributed by atoms with Crippen LogP contribution in [0.15, 0.2) is 12.4 Å². The van der Waals surface area contributed by atoms with Gasteiger partial charge in [-0.1, -0.05) is 0 Å². The lowest BCUT2D eigenvalue weighted by atomic mass is 10.1. The van der Waals surface area contributed by atoms with E-state index in [2.05, 4.69) is 9.97 Å². The predicted octanol–water partition coefficient (Wildman–Crippen LogP) is 2.79. The first kappa shape index (κ1) is 23.1. The number of hydrogen-bond acceptors (Lipinski definition) is 6. The second kappa shape index (κ2) is 8.51. The molecule has 2 aliphatic heterocycles. The van der Waals surface area contributed by atoms with Gasteiger partial charge in [0.15, 0.2) is 0 Å². The van der Waals surface area contributed by atoms with E-state index < -0.39 is 23.4 Å². The van der Waals surface area contributed by atoms with Gasteiger partial charge in [-0.15, -0.1) is 0 Å². The zero-order valence-electron chi connectivity index (χ0n) is 18.1. The fourth-order valence-electron chi connectivity index (χ4n) is 3.78. The summed E-state index contributed by atoms with van der Waals surface area (Å²) in [4.78, 5) is 38.0. The number of aromatic nitrogens is 2. The Kier molecular flexibility index (Phi) is 6.33. The number of anilines is 1. The second-order valence-corrected chi connectivity index (χ2v) is 9.01. The van der Waals surface area contributed by atoms with Gasteiger partial charge in [0.1, 0.15) is 5.60 Å². The van der Waals surface area contributed by atoms with E-state index in [0.29, 0.717) is 39.1 Å². The molecule has 2 saturated heterocycles. The number of hydrogen-bond donors (Lipinski definition) is 0. The van der Waals surface area contributed by atoms with E-state index in [0.717, 1.165) is 12.4 Å². The summed E-state index contributed by atoms with van der Waals surface area (Å²) in [6, 6.07) is -0.155. The Balaban J connectivity index is 1.56. The van der Waals surface area contributed by atoms with Gasteiger partial charge in [0, 0.05) is 51.2 Å². The highest BCUT2D eigenvalue weighted by molar-refractivity contribution is 5.81. The van der Waals surface area contributed by atoms with Gasteiger partial charge in [-0.25, -0.2) is 14.8 Å². The first-order valence-corrected chi connectivity index (χ1v) is 10.3. The SMILES string of the molecule is C[C@H]1CN(C(=O)[C@@H]2CCN(C(=O)OC(C)(C)C)C2)CCN1c1ncc(C(F)(F)F)cn1. The van der Waals surface area contributed by atoms with E-state index in [1.165, 1.54) is 0 Å². The lowest BCUT2D eigenvalue weighted by Gasteiger charge is -2.40. The zero-order chi connectivity index (χ0) is 23.0. The van der Waals surface area contributed by atoms with Crippen LogP contribution in [-0.2, 0) is 15.7 Å². The van der Waals surface area contributed by atoms with Gasteiger partial charge >= 0.3 is 12.3 Å². The summed E-state index contributed by atoms with van der Waals surface area (Å²) in [5.41, 5.74) is -1.49. The van der Waals surface area contributed by atoms with E-state index >= 15 is 0 Å². The van der Waals surface area contributed by atoms with Crippen molar-refractivity contribution >= 4 is 17.9 Å². The van der Waals surface area contributed by atoms with Crippen molar-refractivity contribution in [3.63, 3.8) is 0 Å². The summed E-state index contributed by atoms with van der Waals surface area (Å²) in [5, 5.41) is 0. The molecule has 2 aliphatic rings. The number of alkyl halides is 3. The normalized spacial score (nSPS) is 22.6. The molecular formula is C20H28F3N5O3. The molecule has 0 aliphatic carbocycles. The molecule has 31 heavy (non-hydrogen) atoms. The molecule has 0 bridgehead atoms. The molecular weight excluding hydrogens is 415 g/mol. The summed E-state index contributed by atoms with van der Waals surface area (Å²) >= 11 is 0.